The van der Waals surface area contributed by atoms with Gasteiger partial charge in [-0.3, -0.25) is 18.6 Å². The maximum absolute atomic E-state index is 12.8. The number of allylic oxidation sites excluding steroid dienone is 34. The van der Waals surface area contributed by atoms with Gasteiger partial charge in [-0.25, -0.2) is 4.57 Å². The molecule has 3 N–H and O–H groups in total. The summed E-state index contributed by atoms with van der Waals surface area (Å²) in [5.74, 6) is -0.856. The zero-order valence-corrected chi connectivity index (χ0v) is 62.4. The molecule has 0 aromatic rings. The number of hydrogen-bond donors (Lipinski definition) is 2. The largest absolute Gasteiger partial charge is 0.472 e. The number of phosphoric acid groups is 1. The van der Waals surface area contributed by atoms with Gasteiger partial charge in [0, 0.05) is 19.4 Å². The van der Waals surface area contributed by atoms with Crippen molar-refractivity contribution >= 4 is 19.8 Å². The van der Waals surface area contributed by atoms with Crippen LogP contribution in [0.3, 0.4) is 0 Å². The van der Waals surface area contributed by atoms with Crippen molar-refractivity contribution in [2.45, 2.75) is 302 Å². The van der Waals surface area contributed by atoms with Gasteiger partial charge in [0.2, 0.25) is 0 Å². The molecule has 0 radical (unpaired) electrons. The molecule has 10 heteroatoms. The molecule has 0 aromatic carbocycles. The van der Waals surface area contributed by atoms with E-state index >= 15 is 0 Å². The van der Waals surface area contributed by atoms with E-state index in [1.54, 1.807) is 0 Å². The normalized spacial score (nSPS) is 14.1. The van der Waals surface area contributed by atoms with Gasteiger partial charge in [0.15, 0.2) is 6.10 Å². The molecule has 0 aliphatic heterocycles. The lowest BCUT2D eigenvalue weighted by atomic mass is 10.0. The third kappa shape index (κ3) is 79.5. The SMILES string of the molecule is CC/C=C\C/C=C\C/C=C\C/C=C\C/C=C\C/C=C\C/C=C\C/C=C\C/C=C\C/C=C\C/C=C\CCCCCCCC(=O)OC(COC(=O)CCCCCCCCCCCCCCCCCCCC/C=C\C/C=C\C/C=C\C/C=C\C/C=C\C/C=C\CC)COP(=O)(O)OCCN. The summed E-state index contributed by atoms with van der Waals surface area (Å²) in [6, 6.07) is 0. The van der Waals surface area contributed by atoms with Crippen molar-refractivity contribution < 1.29 is 37.6 Å². The van der Waals surface area contributed by atoms with Crippen LogP contribution in [0.2, 0.25) is 0 Å². The van der Waals surface area contributed by atoms with E-state index in [0.717, 1.165) is 161 Å². The van der Waals surface area contributed by atoms with Crippen molar-refractivity contribution in [2.75, 3.05) is 26.4 Å². The summed E-state index contributed by atoms with van der Waals surface area (Å²) in [5.41, 5.74) is 5.41. The van der Waals surface area contributed by atoms with E-state index in [1.165, 1.54) is 103 Å². The first kappa shape index (κ1) is 91.6. The van der Waals surface area contributed by atoms with Gasteiger partial charge in [-0.2, -0.15) is 0 Å². The highest BCUT2D eigenvalue weighted by atomic mass is 31.2. The van der Waals surface area contributed by atoms with Crippen LogP contribution in [0, 0.1) is 0 Å². The van der Waals surface area contributed by atoms with Gasteiger partial charge in [-0.1, -0.05) is 342 Å². The van der Waals surface area contributed by atoms with Gasteiger partial charge in [0.25, 0.3) is 0 Å². The van der Waals surface area contributed by atoms with Gasteiger partial charge >= 0.3 is 19.8 Å². The maximum Gasteiger partial charge on any atom is 0.472 e. The average Bonchev–Trinajstić information content (AvgIpc) is 2.88. The Hall–Kier alpha value is -5.41. The topological polar surface area (TPSA) is 134 Å². The monoisotopic (exact) mass is 1360 g/mol. The van der Waals surface area contributed by atoms with Crippen molar-refractivity contribution in [3.63, 3.8) is 0 Å². The zero-order chi connectivity index (χ0) is 70.0. The molecule has 546 valence electrons. The number of esters is 2. The van der Waals surface area contributed by atoms with E-state index in [-0.39, 0.29) is 32.6 Å². The van der Waals surface area contributed by atoms with Crippen LogP contribution in [-0.2, 0) is 32.7 Å². The van der Waals surface area contributed by atoms with E-state index in [9.17, 15) is 19.0 Å². The summed E-state index contributed by atoms with van der Waals surface area (Å²) in [7, 11) is -4.42. The highest BCUT2D eigenvalue weighted by Gasteiger charge is 2.26. The summed E-state index contributed by atoms with van der Waals surface area (Å²) in [5, 5.41) is 0. The number of nitrogens with two attached hydrogens (primary N) is 1. The highest BCUT2D eigenvalue weighted by molar-refractivity contribution is 7.47. The number of rotatable bonds is 70. The van der Waals surface area contributed by atoms with E-state index in [2.05, 4.69) is 220 Å². The lowest BCUT2D eigenvalue weighted by molar-refractivity contribution is -0.161. The van der Waals surface area contributed by atoms with Crippen molar-refractivity contribution in [3.8, 4) is 0 Å². The van der Waals surface area contributed by atoms with Crippen LogP contribution >= 0.6 is 7.82 Å². The first-order chi connectivity index (χ1) is 47.8. The third-order valence-electron chi connectivity index (χ3n) is 15.7. The molecule has 0 bridgehead atoms. The van der Waals surface area contributed by atoms with Crippen LogP contribution < -0.4 is 5.73 Å². The van der Waals surface area contributed by atoms with Gasteiger partial charge in [-0.15, -0.1) is 0 Å². The van der Waals surface area contributed by atoms with Gasteiger partial charge in [0.1, 0.15) is 6.61 Å². The Labute approximate surface area is 595 Å². The fourth-order valence-corrected chi connectivity index (χ4v) is 10.8. The minimum absolute atomic E-state index is 0.0409. The fourth-order valence-electron chi connectivity index (χ4n) is 10.1. The standard InChI is InChI=1S/C87H140NO8P/c1-3-5-7-9-11-13-15-17-19-21-23-25-27-29-31-33-35-37-39-41-42-44-46-48-50-52-54-56-58-60-62-64-66-68-70-72-74-76-78-80-87(90)96-85(84-95-97(91,92)94-82-81-88)83-93-86(89)79-77-75-73-71-69-67-65-63-61-59-57-55-53-51-49-47-45-43-40-38-36-34-32-30-28-26-24-22-20-18-16-14-12-10-8-6-4-2/h5-8,11-14,17-20,23-26,29-32,35-38,41-42,46,48,52,54,58,60,64,66,85H,3-4,9-10,15-16,21-22,27-28,33-34,39-40,43-45,47,49-51,53,55-57,59,61-63,65,67-84,88H2,1-2H3,(H,91,92)/b7-5-,8-6-,13-11-,14-12-,19-17-,20-18-,25-23-,26-24-,31-29-,32-30-,37-35-,38-36-,42-41-,48-46-,54-52-,60-58-,66-64-. The second kappa shape index (κ2) is 79.6. The molecule has 2 unspecified atom stereocenters. The Morgan fingerprint density at radius 3 is 0.794 bits per heavy atom. The summed E-state index contributed by atoms with van der Waals surface area (Å²) in [6.45, 7) is 3.49. The Balaban J connectivity index is 3.96. The third-order valence-corrected chi connectivity index (χ3v) is 16.6. The Morgan fingerprint density at radius 2 is 0.536 bits per heavy atom. The van der Waals surface area contributed by atoms with Crippen molar-refractivity contribution in [1.29, 1.82) is 0 Å². The Bertz CT molecular complexity index is 2350. The Morgan fingerprint density at radius 1 is 0.309 bits per heavy atom. The number of carbonyl (C=O) groups is 2. The van der Waals surface area contributed by atoms with E-state index < -0.39 is 32.5 Å². The molecule has 97 heavy (non-hydrogen) atoms. The molecule has 0 aliphatic carbocycles. The number of phosphoric ester groups is 1. The molecule has 0 heterocycles. The molecule has 0 saturated carbocycles. The van der Waals surface area contributed by atoms with Crippen molar-refractivity contribution in [2.24, 2.45) is 5.73 Å². The minimum Gasteiger partial charge on any atom is -0.462 e. The smallest absolute Gasteiger partial charge is 0.462 e. The molecule has 2 atom stereocenters. The summed E-state index contributed by atoms with van der Waals surface area (Å²) in [6.07, 6.45) is 122. The maximum atomic E-state index is 12.8. The Kier molecular flexibility index (Phi) is 75.1. The second-order valence-electron chi connectivity index (χ2n) is 24.8. The first-order valence-corrected chi connectivity index (χ1v) is 40.1. The molecule has 0 aromatic heterocycles. The van der Waals surface area contributed by atoms with Crippen LogP contribution in [-0.4, -0.2) is 49.3 Å². The lowest BCUT2D eigenvalue weighted by Gasteiger charge is -2.19. The molecule has 0 fully saturated rings. The summed E-state index contributed by atoms with van der Waals surface area (Å²) < 4.78 is 33.2. The zero-order valence-electron chi connectivity index (χ0n) is 61.5. The number of unbranched alkanes of at least 4 members (excludes halogenated alkanes) is 23. The molecular weight excluding hydrogens is 1220 g/mol. The lowest BCUT2D eigenvalue weighted by Crippen LogP contribution is -2.29. The fraction of sp³-hybridized carbons (Fsp3) is 0.586. The summed E-state index contributed by atoms with van der Waals surface area (Å²) in [4.78, 5) is 35.4. The molecule has 0 spiro atoms. The number of hydrogen-bond acceptors (Lipinski definition) is 8. The van der Waals surface area contributed by atoms with E-state index in [0.29, 0.717) is 6.42 Å². The molecule has 0 aliphatic rings. The minimum atomic E-state index is -4.42. The van der Waals surface area contributed by atoms with Crippen LogP contribution in [0.4, 0.5) is 0 Å². The highest BCUT2D eigenvalue weighted by Crippen LogP contribution is 2.43. The predicted molar refractivity (Wildman–Crippen MR) is 421 cm³/mol. The van der Waals surface area contributed by atoms with Crippen LogP contribution in [0.25, 0.3) is 0 Å². The van der Waals surface area contributed by atoms with E-state index in [4.69, 9.17) is 24.3 Å². The first-order valence-electron chi connectivity index (χ1n) is 38.6. The van der Waals surface area contributed by atoms with Gasteiger partial charge < -0.3 is 20.1 Å². The van der Waals surface area contributed by atoms with Gasteiger partial charge in [0.05, 0.1) is 13.2 Å². The number of ether oxygens (including phenoxy) is 2. The van der Waals surface area contributed by atoms with Crippen LogP contribution in [0.1, 0.15) is 296 Å². The van der Waals surface area contributed by atoms with E-state index in [1.807, 2.05) is 0 Å². The van der Waals surface area contributed by atoms with Crippen LogP contribution in [0.15, 0.2) is 207 Å². The van der Waals surface area contributed by atoms with Gasteiger partial charge in [-0.05, 0) is 148 Å². The molecule has 0 saturated heterocycles. The molecular formula is C87H140NO8P. The van der Waals surface area contributed by atoms with Crippen LogP contribution in [0.5, 0.6) is 0 Å². The quantitative estimate of drug-likeness (QED) is 0.0264. The predicted octanol–water partition coefficient (Wildman–Crippen LogP) is 26.2. The molecule has 9 nitrogen and oxygen atoms in total. The molecule has 0 rings (SSSR count). The van der Waals surface area contributed by atoms with Crippen molar-refractivity contribution in [1.82, 2.24) is 0 Å². The summed E-state index contributed by atoms with van der Waals surface area (Å²) >= 11 is 0. The average molecular weight is 1360 g/mol. The van der Waals surface area contributed by atoms with Crippen molar-refractivity contribution in [3.05, 3.63) is 207 Å². The number of carbonyl (C=O) groups excluding carboxylic acids is 2. The molecule has 0 amide bonds. The second-order valence-corrected chi connectivity index (χ2v) is 26.2.